The van der Waals surface area contributed by atoms with E-state index in [-0.39, 0.29) is 36.2 Å². The fourth-order valence-corrected chi connectivity index (χ4v) is 4.52. The molecule has 4 rings (SSSR count). The molecule has 6 nitrogen and oxygen atoms in total. The van der Waals surface area contributed by atoms with Crippen LogP contribution in [0.3, 0.4) is 0 Å². The number of urea groups is 1. The number of anilines is 1. The van der Waals surface area contributed by atoms with Crippen molar-refractivity contribution in [3.8, 4) is 0 Å². The van der Waals surface area contributed by atoms with Crippen LogP contribution in [-0.4, -0.2) is 36.9 Å². The summed E-state index contributed by atoms with van der Waals surface area (Å²) in [5.74, 6) is 0.273. The third kappa shape index (κ3) is 3.20. The van der Waals surface area contributed by atoms with Crippen molar-refractivity contribution in [1.82, 2.24) is 10.6 Å². The molecule has 26 heavy (non-hydrogen) atoms. The molecule has 138 valence electrons. The van der Waals surface area contributed by atoms with Crippen molar-refractivity contribution in [3.63, 3.8) is 0 Å². The Morgan fingerprint density at radius 3 is 2.73 bits per heavy atom. The topological polar surface area (TPSA) is 78.5 Å². The Labute approximate surface area is 153 Å². The van der Waals surface area contributed by atoms with Gasteiger partial charge in [0.25, 0.3) is 0 Å². The van der Waals surface area contributed by atoms with Crippen LogP contribution >= 0.6 is 0 Å². The lowest BCUT2D eigenvalue weighted by atomic mass is 9.83. The second kappa shape index (κ2) is 7.09. The Morgan fingerprint density at radius 1 is 1.12 bits per heavy atom. The van der Waals surface area contributed by atoms with Gasteiger partial charge in [0.1, 0.15) is 0 Å². The molecule has 2 aliphatic carbocycles. The second-order valence-electron chi connectivity index (χ2n) is 7.56. The van der Waals surface area contributed by atoms with Crippen molar-refractivity contribution in [3.05, 3.63) is 29.3 Å². The molecular weight excluding hydrogens is 330 g/mol. The van der Waals surface area contributed by atoms with Crippen LogP contribution in [0, 0.1) is 0 Å². The van der Waals surface area contributed by atoms with Crippen LogP contribution in [0.15, 0.2) is 18.2 Å². The Hall–Kier alpha value is -2.37. The van der Waals surface area contributed by atoms with E-state index < -0.39 is 0 Å². The molecule has 0 spiro atoms. The molecule has 0 bridgehead atoms. The van der Waals surface area contributed by atoms with Crippen molar-refractivity contribution in [2.45, 2.75) is 56.9 Å². The Morgan fingerprint density at radius 2 is 1.92 bits per heavy atom. The monoisotopic (exact) mass is 355 g/mol. The highest BCUT2D eigenvalue weighted by molar-refractivity contribution is 6.05. The second-order valence-corrected chi connectivity index (χ2v) is 7.56. The van der Waals surface area contributed by atoms with Gasteiger partial charge in [-0.2, -0.15) is 0 Å². The smallest absolute Gasteiger partial charge is 0.315 e. The van der Waals surface area contributed by atoms with Crippen LogP contribution in [0.1, 0.15) is 66.8 Å². The van der Waals surface area contributed by atoms with Gasteiger partial charge in [-0.3, -0.25) is 9.59 Å². The highest BCUT2D eigenvalue weighted by Crippen LogP contribution is 2.44. The van der Waals surface area contributed by atoms with Gasteiger partial charge in [0.2, 0.25) is 5.91 Å². The minimum atomic E-state index is -0.269. The van der Waals surface area contributed by atoms with E-state index in [9.17, 15) is 14.4 Å². The predicted molar refractivity (Wildman–Crippen MR) is 98.5 cm³/mol. The molecule has 0 radical (unpaired) electrons. The number of Topliss-reactive ketones (excluding diaryl/α,β-unsaturated/α-hetero) is 1. The third-order valence-electron chi connectivity index (χ3n) is 5.85. The van der Waals surface area contributed by atoms with Gasteiger partial charge in [-0.25, -0.2) is 4.79 Å². The van der Waals surface area contributed by atoms with E-state index >= 15 is 0 Å². The molecule has 1 aromatic carbocycles. The van der Waals surface area contributed by atoms with Gasteiger partial charge in [0, 0.05) is 36.2 Å². The summed E-state index contributed by atoms with van der Waals surface area (Å²) in [6.07, 6.45) is 6.90. The Bertz CT molecular complexity index is 740. The summed E-state index contributed by atoms with van der Waals surface area (Å²) >= 11 is 0. The van der Waals surface area contributed by atoms with Gasteiger partial charge >= 0.3 is 6.03 Å². The quantitative estimate of drug-likeness (QED) is 0.875. The number of hydrogen-bond donors (Lipinski definition) is 2. The summed E-state index contributed by atoms with van der Waals surface area (Å²) < 4.78 is 0. The molecule has 3 amide bonds. The summed E-state index contributed by atoms with van der Waals surface area (Å²) in [4.78, 5) is 38.6. The van der Waals surface area contributed by atoms with E-state index in [0.717, 1.165) is 48.9 Å². The molecule has 1 atom stereocenters. The number of benzene rings is 1. The molecular formula is C20H25N3O3. The van der Waals surface area contributed by atoms with E-state index in [0.29, 0.717) is 13.0 Å². The van der Waals surface area contributed by atoms with Crippen LogP contribution < -0.4 is 15.5 Å². The molecule has 6 heteroatoms. The van der Waals surface area contributed by atoms with Crippen molar-refractivity contribution < 1.29 is 14.4 Å². The standard InChI is InChI=1S/C20H25N3O3/c24-17-10-9-13-12-23(16-8-4-7-15(17)19(13)16)18(25)11-21-20(26)22-14-5-2-1-3-6-14/h4,7-8,13-14H,1-3,5-6,9-12H2,(H2,21,22,26). The first-order valence-corrected chi connectivity index (χ1v) is 9.64. The fourth-order valence-electron chi connectivity index (χ4n) is 4.52. The first kappa shape index (κ1) is 17.1. The molecule has 1 aromatic rings. The summed E-state index contributed by atoms with van der Waals surface area (Å²) in [6.45, 7) is 0.577. The zero-order valence-electron chi connectivity index (χ0n) is 14.9. The number of nitrogens with zero attached hydrogens (tertiary/aromatic N) is 1. The average Bonchev–Trinajstić information content (AvgIpc) is 3.04. The highest BCUT2D eigenvalue weighted by Gasteiger charge is 2.38. The lowest BCUT2D eigenvalue weighted by Gasteiger charge is -2.23. The van der Waals surface area contributed by atoms with E-state index in [1.165, 1.54) is 6.42 Å². The number of rotatable bonds is 3. The first-order chi connectivity index (χ1) is 12.6. The van der Waals surface area contributed by atoms with Crippen LogP contribution in [0.5, 0.6) is 0 Å². The molecule has 1 unspecified atom stereocenters. The van der Waals surface area contributed by atoms with E-state index in [1.54, 1.807) is 4.90 Å². The number of carbonyl (C=O) groups is 3. The Kier molecular flexibility index (Phi) is 4.66. The average molecular weight is 355 g/mol. The maximum Gasteiger partial charge on any atom is 0.315 e. The van der Waals surface area contributed by atoms with Crippen molar-refractivity contribution in [2.24, 2.45) is 0 Å². The summed E-state index contributed by atoms with van der Waals surface area (Å²) in [5, 5.41) is 5.66. The fraction of sp³-hybridized carbons (Fsp3) is 0.550. The van der Waals surface area contributed by atoms with Crippen molar-refractivity contribution in [2.75, 3.05) is 18.0 Å². The van der Waals surface area contributed by atoms with Gasteiger partial charge in [0.15, 0.2) is 5.78 Å². The summed E-state index contributed by atoms with van der Waals surface area (Å²) in [5.41, 5.74) is 2.61. The van der Waals surface area contributed by atoms with Crippen molar-refractivity contribution >= 4 is 23.4 Å². The molecule has 0 saturated heterocycles. The maximum atomic E-state index is 12.7. The largest absolute Gasteiger partial charge is 0.335 e. The minimum Gasteiger partial charge on any atom is -0.335 e. The van der Waals surface area contributed by atoms with Crippen LogP contribution in [0.25, 0.3) is 0 Å². The minimum absolute atomic E-state index is 0.0249. The number of hydrogen-bond acceptors (Lipinski definition) is 3. The maximum absolute atomic E-state index is 12.7. The number of ketones is 1. The Balaban J connectivity index is 1.38. The molecule has 3 aliphatic rings. The molecule has 1 fully saturated rings. The van der Waals surface area contributed by atoms with E-state index in [4.69, 9.17) is 0 Å². The van der Waals surface area contributed by atoms with E-state index in [2.05, 4.69) is 10.6 Å². The molecule has 0 aromatic heterocycles. The lowest BCUT2D eigenvalue weighted by molar-refractivity contribution is -0.117. The molecule has 1 saturated carbocycles. The zero-order chi connectivity index (χ0) is 18.1. The number of nitrogens with one attached hydrogen (secondary N) is 2. The molecule has 1 aliphatic heterocycles. The highest BCUT2D eigenvalue weighted by atomic mass is 16.2. The third-order valence-corrected chi connectivity index (χ3v) is 5.85. The zero-order valence-corrected chi connectivity index (χ0v) is 14.9. The van der Waals surface area contributed by atoms with E-state index in [1.807, 2.05) is 18.2 Å². The predicted octanol–water partition coefficient (Wildman–Crippen LogP) is 2.73. The number of amides is 3. The molecule has 2 N–H and O–H groups in total. The SMILES string of the molecule is O=C(NCC(=O)N1CC2CCC(=O)c3cccc1c32)NC1CCCCC1. The van der Waals surface area contributed by atoms with Crippen LogP contribution in [0.2, 0.25) is 0 Å². The molecule has 1 heterocycles. The summed E-state index contributed by atoms with van der Waals surface area (Å²) in [6, 6.07) is 5.55. The van der Waals surface area contributed by atoms with Gasteiger partial charge in [-0.15, -0.1) is 0 Å². The lowest BCUT2D eigenvalue weighted by Crippen LogP contribution is -2.47. The normalized spacial score (nSPS) is 22.1. The van der Waals surface area contributed by atoms with Gasteiger partial charge in [-0.1, -0.05) is 31.4 Å². The van der Waals surface area contributed by atoms with Gasteiger partial charge in [0.05, 0.1) is 6.54 Å². The number of carbonyl (C=O) groups excluding carboxylic acids is 3. The first-order valence-electron chi connectivity index (χ1n) is 9.64. The summed E-state index contributed by atoms with van der Waals surface area (Å²) in [7, 11) is 0. The van der Waals surface area contributed by atoms with Crippen LogP contribution in [0.4, 0.5) is 10.5 Å². The van der Waals surface area contributed by atoms with Crippen molar-refractivity contribution in [1.29, 1.82) is 0 Å². The van der Waals surface area contributed by atoms with Gasteiger partial charge in [-0.05, 0) is 30.9 Å². The van der Waals surface area contributed by atoms with Gasteiger partial charge < -0.3 is 15.5 Å². The van der Waals surface area contributed by atoms with Crippen LogP contribution in [-0.2, 0) is 4.79 Å².